The molecule has 28 heavy (non-hydrogen) atoms. The topological polar surface area (TPSA) is 88.4 Å². The molecule has 9 nitrogen and oxygen atoms in total. The molecule has 3 aliphatic rings. The Morgan fingerprint density at radius 3 is 2.61 bits per heavy atom. The maximum absolute atomic E-state index is 12.6. The van der Waals surface area contributed by atoms with E-state index in [2.05, 4.69) is 32.1 Å². The van der Waals surface area contributed by atoms with Crippen LogP contribution in [0.4, 0.5) is 10.6 Å². The minimum atomic E-state index is 0.0824. The number of rotatable bonds is 3. The molecule has 3 fully saturated rings. The zero-order valence-corrected chi connectivity index (χ0v) is 16.3. The molecule has 0 bridgehead atoms. The minimum absolute atomic E-state index is 0.0824. The highest BCUT2D eigenvalue weighted by Gasteiger charge is 2.42. The fraction of sp³-hybridized carbons (Fsp3) is 0.684. The molecule has 0 radical (unpaired) electrons. The second-order valence-corrected chi connectivity index (χ2v) is 8.07. The summed E-state index contributed by atoms with van der Waals surface area (Å²) in [5, 5.41) is 3.19. The lowest BCUT2D eigenvalue weighted by atomic mass is 10.0. The number of likely N-dealkylation sites (tertiary alicyclic amines) is 1. The molecule has 5 rings (SSSR count). The fourth-order valence-corrected chi connectivity index (χ4v) is 4.77. The number of nitrogens with one attached hydrogen (secondary N) is 1. The van der Waals surface area contributed by atoms with Crippen molar-refractivity contribution >= 4 is 23.0 Å². The number of amides is 2. The number of anilines is 1. The minimum Gasteiger partial charge on any atom is -0.381 e. The molecular weight excluding hydrogens is 358 g/mol. The van der Waals surface area contributed by atoms with Crippen molar-refractivity contribution in [2.45, 2.75) is 32.4 Å². The average Bonchev–Trinajstić information content (AvgIpc) is 3.41. The Hall–Kier alpha value is -2.42. The number of hydrogen-bond acceptors (Lipinski definition) is 6. The van der Waals surface area contributed by atoms with Crippen LogP contribution in [0.5, 0.6) is 0 Å². The van der Waals surface area contributed by atoms with Crippen molar-refractivity contribution in [1.82, 2.24) is 29.7 Å². The van der Waals surface area contributed by atoms with E-state index in [1.165, 1.54) is 0 Å². The van der Waals surface area contributed by atoms with Crippen molar-refractivity contribution < 1.29 is 9.53 Å². The number of carbonyl (C=O) groups excluding carboxylic acids is 1. The van der Waals surface area contributed by atoms with Crippen LogP contribution >= 0.6 is 0 Å². The number of urea groups is 1. The van der Waals surface area contributed by atoms with Crippen LogP contribution in [0.2, 0.25) is 0 Å². The van der Waals surface area contributed by atoms with Crippen LogP contribution in [0.1, 0.15) is 19.8 Å². The molecule has 0 spiro atoms. The number of fused-ring (bicyclic) bond motifs is 2. The predicted molar refractivity (Wildman–Crippen MR) is 104 cm³/mol. The first-order valence-corrected chi connectivity index (χ1v) is 10.3. The smallest absolute Gasteiger partial charge is 0.317 e. The molecule has 5 heterocycles. The molecule has 3 aliphatic heterocycles. The summed E-state index contributed by atoms with van der Waals surface area (Å²) in [7, 11) is 0. The van der Waals surface area contributed by atoms with Crippen LogP contribution in [0, 0.1) is 11.8 Å². The van der Waals surface area contributed by atoms with Gasteiger partial charge in [-0.25, -0.2) is 19.7 Å². The zero-order chi connectivity index (χ0) is 19.1. The van der Waals surface area contributed by atoms with Crippen molar-refractivity contribution in [3.8, 4) is 0 Å². The van der Waals surface area contributed by atoms with Gasteiger partial charge in [0.15, 0.2) is 17.0 Å². The number of ether oxygens (including phenoxy) is 1. The molecule has 1 N–H and O–H groups in total. The quantitative estimate of drug-likeness (QED) is 0.851. The summed E-state index contributed by atoms with van der Waals surface area (Å²) in [6, 6.07) is 0.333. The first kappa shape index (κ1) is 17.7. The second kappa shape index (κ2) is 7.20. The Morgan fingerprint density at radius 2 is 1.89 bits per heavy atom. The van der Waals surface area contributed by atoms with Gasteiger partial charge < -0.3 is 24.4 Å². The lowest BCUT2D eigenvalue weighted by Gasteiger charge is -2.27. The van der Waals surface area contributed by atoms with E-state index in [9.17, 15) is 4.79 Å². The SMILES string of the molecule is CCn1cnc2c(N3CC4CN(C(=O)NC5CCOCC5)CC4C3)ncnc21. The molecule has 0 saturated carbocycles. The van der Waals surface area contributed by atoms with Crippen LogP contribution in [0.3, 0.4) is 0 Å². The second-order valence-electron chi connectivity index (χ2n) is 8.07. The Kier molecular flexibility index (Phi) is 4.54. The molecule has 0 aliphatic carbocycles. The Labute approximate surface area is 164 Å². The summed E-state index contributed by atoms with van der Waals surface area (Å²) in [6.45, 7) is 7.87. The fourth-order valence-electron chi connectivity index (χ4n) is 4.77. The highest BCUT2D eigenvalue weighted by molar-refractivity contribution is 5.83. The summed E-state index contributed by atoms with van der Waals surface area (Å²) in [4.78, 5) is 30.4. The zero-order valence-electron chi connectivity index (χ0n) is 16.3. The number of aryl methyl sites for hydroxylation is 1. The third-order valence-corrected chi connectivity index (χ3v) is 6.34. The molecule has 2 aromatic heterocycles. The van der Waals surface area contributed by atoms with E-state index in [4.69, 9.17) is 4.74 Å². The highest BCUT2D eigenvalue weighted by atomic mass is 16.5. The van der Waals surface area contributed by atoms with Crippen LogP contribution in [0.15, 0.2) is 12.7 Å². The lowest BCUT2D eigenvalue weighted by molar-refractivity contribution is 0.0784. The Balaban J connectivity index is 1.24. The van der Waals surface area contributed by atoms with Gasteiger partial charge in [-0.2, -0.15) is 0 Å². The molecule has 2 unspecified atom stereocenters. The van der Waals surface area contributed by atoms with Gasteiger partial charge in [-0.15, -0.1) is 0 Å². The number of aromatic nitrogens is 4. The van der Waals surface area contributed by atoms with Gasteiger partial charge in [-0.05, 0) is 19.8 Å². The largest absolute Gasteiger partial charge is 0.381 e. The van der Waals surface area contributed by atoms with Crippen LogP contribution in [-0.4, -0.2) is 75.9 Å². The molecule has 2 atom stereocenters. The molecule has 9 heteroatoms. The van der Waals surface area contributed by atoms with Gasteiger partial charge in [0.2, 0.25) is 0 Å². The van der Waals surface area contributed by atoms with Crippen molar-refractivity contribution in [2.24, 2.45) is 11.8 Å². The number of imidazole rings is 1. The third-order valence-electron chi connectivity index (χ3n) is 6.34. The van der Waals surface area contributed by atoms with Gasteiger partial charge in [-0.3, -0.25) is 0 Å². The first-order valence-electron chi connectivity index (χ1n) is 10.3. The van der Waals surface area contributed by atoms with E-state index in [0.717, 1.165) is 75.8 Å². The van der Waals surface area contributed by atoms with Gasteiger partial charge >= 0.3 is 6.03 Å². The molecule has 0 aromatic carbocycles. The maximum Gasteiger partial charge on any atom is 0.317 e. The van der Waals surface area contributed by atoms with E-state index in [1.54, 1.807) is 6.33 Å². The van der Waals surface area contributed by atoms with E-state index < -0.39 is 0 Å². The average molecular weight is 385 g/mol. The van der Waals surface area contributed by atoms with E-state index in [-0.39, 0.29) is 12.1 Å². The molecular formula is C19H27N7O2. The van der Waals surface area contributed by atoms with Gasteiger partial charge in [0.05, 0.1) is 6.33 Å². The van der Waals surface area contributed by atoms with E-state index in [0.29, 0.717) is 11.8 Å². The van der Waals surface area contributed by atoms with E-state index in [1.807, 2.05) is 15.8 Å². The number of nitrogens with zero attached hydrogens (tertiary/aromatic N) is 6. The monoisotopic (exact) mass is 385 g/mol. The molecule has 150 valence electrons. The standard InChI is InChI=1S/C19H27N7O2/c1-2-24-12-22-16-17(24)20-11-21-18(16)25-7-13-9-26(10-14(13)8-25)19(27)23-15-3-5-28-6-4-15/h11-15H,2-10H2,1H3,(H,23,27). The van der Waals surface area contributed by atoms with Crippen molar-refractivity contribution in [1.29, 1.82) is 0 Å². The predicted octanol–water partition coefficient (Wildman–Crippen LogP) is 1.10. The number of hydrogen-bond donors (Lipinski definition) is 1. The van der Waals surface area contributed by atoms with E-state index >= 15 is 0 Å². The molecule has 2 aromatic rings. The summed E-state index contributed by atoms with van der Waals surface area (Å²) >= 11 is 0. The number of carbonyl (C=O) groups is 1. The van der Waals surface area contributed by atoms with Crippen molar-refractivity contribution in [3.05, 3.63) is 12.7 Å². The summed E-state index contributed by atoms with van der Waals surface area (Å²) in [6.07, 6.45) is 5.29. The molecule has 2 amide bonds. The van der Waals surface area contributed by atoms with Gasteiger partial charge in [0, 0.05) is 63.8 Å². The van der Waals surface area contributed by atoms with Gasteiger partial charge in [0.25, 0.3) is 0 Å². The van der Waals surface area contributed by atoms with Gasteiger partial charge in [0.1, 0.15) is 6.33 Å². The first-order chi connectivity index (χ1) is 13.7. The van der Waals surface area contributed by atoms with Crippen molar-refractivity contribution in [2.75, 3.05) is 44.3 Å². The maximum atomic E-state index is 12.6. The summed E-state index contributed by atoms with van der Waals surface area (Å²) in [5.41, 5.74) is 1.76. The summed E-state index contributed by atoms with van der Waals surface area (Å²) < 4.78 is 7.41. The van der Waals surface area contributed by atoms with Crippen LogP contribution in [0.25, 0.3) is 11.2 Å². The van der Waals surface area contributed by atoms with Crippen LogP contribution in [-0.2, 0) is 11.3 Å². The van der Waals surface area contributed by atoms with Crippen molar-refractivity contribution in [3.63, 3.8) is 0 Å². The Morgan fingerprint density at radius 1 is 1.14 bits per heavy atom. The third kappa shape index (κ3) is 3.07. The van der Waals surface area contributed by atoms with Gasteiger partial charge in [-0.1, -0.05) is 0 Å². The Bertz CT molecular complexity index is 849. The lowest BCUT2D eigenvalue weighted by Crippen LogP contribution is -2.46. The van der Waals surface area contributed by atoms with Crippen LogP contribution < -0.4 is 10.2 Å². The summed E-state index contributed by atoms with van der Waals surface area (Å²) in [5.74, 6) is 1.89. The normalized spacial score (nSPS) is 25.5. The molecule has 3 saturated heterocycles. The highest BCUT2D eigenvalue weighted by Crippen LogP contribution is 2.35.